The highest BCUT2D eigenvalue weighted by Gasteiger charge is 2.37. The van der Waals surface area contributed by atoms with Crippen LogP contribution in [0.25, 0.3) is 0 Å². The van der Waals surface area contributed by atoms with E-state index in [-0.39, 0.29) is 5.91 Å². The molecular weight excluding hydrogens is 258 g/mol. The molecule has 1 aliphatic rings. The molecule has 1 aromatic rings. The number of aromatic nitrogens is 1. The number of aliphatic carboxylic acids is 1. The number of pyridine rings is 1. The third kappa shape index (κ3) is 2.89. The lowest BCUT2D eigenvalue weighted by Crippen LogP contribution is -2.30. The van der Waals surface area contributed by atoms with Crippen molar-refractivity contribution in [1.29, 1.82) is 0 Å². The van der Waals surface area contributed by atoms with Gasteiger partial charge in [0.25, 0.3) is 0 Å². The second kappa shape index (κ2) is 5.90. The zero-order valence-electron chi connectivity index (χ0n) is 11.7. The summed E-state index contributed by atoms with van der Waals surface area (Å²) in [5, 5.41) is 12.0. The molecule has 1 aromatic heterocycles. The molecule has 2 N–H and O–H groups in total. The smallest absolute Gasteiger partial charge is 0.307 e. The van der Waals surface area contributed by atoms with Gasteiger partial charge in [0, 0.05) is 20.3 Å². The fourth-order valence-corrected chi connectivity index (χ4v) is 2.65. The summed E-state index contributed by atoms with van der Waals surface area (Å²) in [7, 11) is 3.68. The van der Waals surface area contributed by atoms with Gasteiger partial charge >= 0.3 is 5.97 Å². The van der Waals surface area contributed by atoms with Crippen LogP contribution in [0.3, 0.4) is 0 Å². The van der Waals surface area contributed by atoms with Crippen LogP contribution in [0.2, 0.25) is 0 Å². The van der Waals surface area contributed by atoms with Crippen molar-refractivity contribution in [1.82, 2.24) is 4.98 Å². The Morgan fingerprint density at radius 2 is 2.05 bits per heavy atom. The van der Waals surface area contributed by atoms with E-state index in [1.807, 2.05) is 14.1 Å². The van der Waals surface area contributed by atoms with Crippen LogP contribution in [0.4, 0.5) is 11.5 Å². The van der Waals surface area contributed by atoms with Crippen molar-refractivity contribution in [2.24, 2.45) is 11.8 Å². The third-order valence-corrected chi connectivity index (χ3v) is 3.64. The number of anilines is 2. The molecule has 1 aliphatic carbocycles. The van der Waals surface area contributed by atoms with E-state index < -0.39 is 17.8 Å². The van der Waals surface area contributed by atoms with Crippen LogP contribution in [0, 0.1) is 11.8 Å². The average Bonchev–Trinajstić information content (AvgIpc) is 2.88. The van der Waals surface area contributed by atoms with Gasteiger partial charge in [-0.05, 0) is 25.0 Å². The van der Waals surface area contributed by atoms with Crippen molar-refractivity contribution in [3.05, 3.63) is 18.3 Å². The van der Waals surface area contributed by atoms with Crippen molar-refractivity contribution in [2.45, 2.75) is 19.3 Å². The molecule has 2 atom stereocenters. The van der Waals surface area contributed by atoms with E-state index >= 15 is 0 Å². The van der Waals surface area contributed by atoms with Crippen molar-refractivity contribution in [2.75, 3.05) is 24.3 Å². The van der Waals surface area contributed by atoms with E-state index in [1.54, 1.807) is 23.2 Å². The number of hydrogen-bond acceptors (Lipinski definition) is 4. The number of carbonyl (C=O) groups excluding carboxylic acids is 1. The van der Waals surface area contributed by atoms with Gasteiger partial charge in [0.15, 0.2) is 5.82 Å². The minimum Gasteiger partial charge on any atom is -0.481 e. The first-order valence-electron chi connectivity index (χ1n) is 6.66. The normalized spacial score (nSPS) is 21.5. The summed E-state index contributed by atoms with van der Waals surface area (Å²) in [5.74, 6) is -1.49. The molecule has 0 bridgehead atoms. The molecule has 0 spiro atoms. The summed E-state index contributed by atoms with van der Waals surface area (Å²) in [6, 6.07) is 3.51. The summed E-state index contributed by atoms with van der Waals surface area (Å²) < 4.78 is 0. The second-order valence-electron chi connectivity index (χ2n) is 5.24. The van der Waals surface area contributed by atoms with Crippen LogP contribution in [0.5, 0.6) is 0 Å². The lowest BCUT2D eigenvalue weighted by atomic mass is 9.95. The first kappa shape index (κ1) is 14.3. The summed E-state index contributed by atoms with van der Waals surface area (Å²) >= 11 is 0. The molecule has 0 radical (unpaired) electrons. The van der Waals surface area contributed by atoms with Gasteiger partial charge < -0.3 is 15.3 Å². The van der Waals surface area contributed by atoms with Crippen LogP contribution in [-0.2, 0) is 9.59 Å². The Kier molecular flexibility index (Phi) is 4.22. The molecule has 0 aliphatic heterocycles. The summed E-state index contributed by atoms with van der Waals surface area (Å²) in [5.41, 5.74) is 0.610. The monoisotopic (exact) mass is 277 g/mol. The molecule has 2 rings (SSSR count). The van der Waals surface area contributed by atoms with Crippen LogP contribution in [-0.4, -0.2) is 36.1 Å². The van der Waals surface area contributed by atoms with Gasteiger partial charge in [0.1, 0.15) is 0 Å². The number of carboxylic acid groups (broad SMARTS) is 1. The predicted molar refractivity (Wildman–Crippen MR) is 75.7 cm³/mol. The van der Waals surface area contributed by atoms with E-state index in [0.717, 1.165) is 6.42 Å². The molecule has 6 heteroatoms. The number of carbonyl (C=O) groups is 2. The number of nitrogens with one attached hydrogen (secondary N) is 1. The Morgan fingerprint density at radius 1 is 1.35 bits per heavy atom. The zero-order valence-corrected chi connectivity index (χ0v) is 11.7. The molecule has 20 heavy (non-hydrogen) atoms. The van der Waals surface area contributed by atoms with Gasteiger partial charge in [-0.1, -0.05) is 6.42 Å². The topological polar surface area (TPSA) is 82.5 Å². The Labute approximate surface area is 117 Å². The highest BCUT2D eigenvalue weighted by atomic mass is 16.4. The standard InChI is InChI=1S/C14H19N3O3/c1-17(2)12-11(7-4-8-15-12)16-13(18)9-5-3-6-10(9)14(19)20/h4,7-10H,3,5-6H2,1-2H3,(H,16,18)(H,19,20)/t9-,10+/m1/s1. The minimum atomic E-state index is -0.887. The maximum atomic E-state index is 12.3. The molecule has 1 saturated carbocycles. The lowest BCUT2D eigenvalue weighted by molar-refractivity contribution is -0.145. The van der Waals surface area contributed by atoms with Gasteiger partial charge in [-0.15, -0.1) is 0 Å². The van der Waals surface area contributed by atoms with Gasteiger partial charge in [-0.2, -0.15) is 0 Å². The quantitative estimate of drug-likeness (QED) is 0.873. The Bertz CT molecular complexity index is 516. The summed E-state index contributed by atoms with van der Waals surface area (Å²) in [6.45, 7) is 0. The van der Waals surface area contributed by atoms with Crippen LogP contribution >= 0.6 is 0 Å². The second-order valence-corrected chi connectivity index (χ2v) is 5.24. The number of nitrogens with zero attached hydrogens (tertiary/aromatic N) is 2. The predicted octanol–water partition coefficient (Wildman–Crippen LogP) is 1.59. The molecule has 0 saturated heterocycles. The van der Waals surface area contributed by atoms with Crippen molar-refractivity contribution >= 4 is 23.4 Å². The fraction of sp³-hybridized carbons (Fsp3) is 0.500. The maximum Gasteiger partial charge on any atom is 0.307 e. The molecule has 1 heterocycles. The maximum absolute atomic E-state index is 12.3. The first-order chi connectivity index (χ1) is 9.50. The molecule has 0 aromatic carbocycles. The van der Waals surface area contributed by atoms with Crippen molar-refractivity contribution in [3.63, 3.8) is 0 Å². The van der Waals surface area contributed by atoms with Gasteiger partial charge in [-0.25, -0.2) is 4.98 Å². The van der Waals surface area contributed by atoms with E-state index in [9.17, 15) is 9.59 Å². The highest BCUT2D eigenvalue weighted by molar-refractivity contribution is 5.97. The van der Waals surface area contributed by atoms with E-state index in [4.69, 9.17) is 5.11 Å². The molecule has 1 amide bonds. The van der Waals surface area contributed by atoms with Gasteiger partial charge in [0.05, 0.1) is 17.5 Å². The number of amides is 1. The SMILES string of the molecule is CN(C)c1ncccc1NC(=O)[C@@H]1CCC[C@@H]1C(=O)O. The van der Waals surface area contributed by atoms with Crippen LogP contribution < -0.4 is 10.2 Å². The Balaban J connectivity index is 2.14. The summed E-state index contributed by atoms with van der Waals surface area (Å²) in [6.07, 6.45) is 3.63. The molecule has 108 valence electrons. The van der Waals surface area contributed by atoms with Crippen LogP contribution in [0.1, 0.15) is 19.3 Å². The Morgan fingerprint density at radius 3 is 2.70 bits per heavy atom. The molecule has 6 nitrogen and oxygen atoms in total. The largest absolute Gasteiger partial charge is 0.481 e. The molecular formula is C14H19N3O3. The van der Waals surface area contributed by atoms with Crippen molar-refractivity contribution < 1.29 is 14.7 Å². The molecule has 1 fully saturated rings. The fourth-order valence-electron chi connectivity index (χ4n) is 2.65. The third-order valence-electron chi connectivity index (χ3n) is 3.64. The van der Waals surface area contributed by atoms with Crippen molar-refractivity contribution in [3.8, 4) is 0 Å². The number of rotatable bonds is 4. The zero-order chi connectivity index (χ0) is 14.7. The van der Waals surface area contributed by atoms with E-state index in [1.165, 1.54) is 0 Å². The number of hydrogen-bond donors (Lipinski definition) is 2. The van der Waals surface area contributed by atoms with Gasteiger partial charge in [-0.3, -0.25) is 9.59 Å². The van der Waals surface area contributed by atoms with Crippen LogP contribution in [0.15, 0.2) is 18.3 Å². The highest BCUT2D eigenvalue weighted by Crippen LogP contribution is 2.33. The van der Waals surface area contributed by atoms with Gasteiger partial charge in [0.2, 0.25) is 5.91 Å². The van der Waals surface area contributed by atoms with E-state index in [0.29, 0.717) is 24.3 Å². The first-order valence-corrected chi connectivity index (χ1v) is 6.66. The van der Waals surface area contributed by atoms with E-state index in [2.05, 4.69) is 10.3 Å². The number of carboxylic acids is 1. The minimum absolute atomic E-state index is 0.231. The average molecular weight is 277 g/mol. The summed E-state index contributed by atoms with van der Waals surface area (Å²) in [4.78, 5) is 29.4. The lowest BCUT2D eigenvalue weighted by Gasteiger charge is -2.19. The Hall–Kier alpha value is -2.11. The molecule has 0 unspecified atom stereocenters.